The van der Waals surface area contributed by atoms with Gasteiger partial charge in [0.1, 0.15) is 0 Å². The van der Waals surface area contributed by atoms with Gasteiger partial charge in [-0.05, 0) is 56.2 Å². The van der Waals surface area contributed by atoms with Crippen molar-refractivity contribution in [2.75, 3.05) is 18.9 Å². The number of aryl methyl sites for hydroxylation is 1. The van der Waals surface area contributed by atoms with Crippen molar-refractivity contribution < 1.29 is 14.1 Å². The van der Waals surface area contributed by atoms with E-state index in [9.17, 15) is 4.79 Å². The molecule has 0 aliphatic heterocycles. The predicted molar refractivity (Wildman–Crippen MR) is 109 cm³/mol. The van der Waals surface area contributed by atoms with E-state index in [1.807, 2.05) is 58.2 Å². The molecule has 3 aromatic rings. The molecule has 1 unspecified atom stereocenters. The summed E-state index contributed by atoms with van der Waals surface area (Å²) in [7, 11) is 1.93. The van der Waals surface area contributed by atoms with Gasteiger partial charge in [0.15, 0.2) is 12.6 Å². The lowest BCUT2D eigenvalue weighted by Crippen LogP contribution is -3.10. The number of halogens is 1. The number of nitrogens with one attached hydrogen (secondary N) is 2. The highest BCUT2D eigenvalue weighted by Crippen LogP contribution is 2.22. The molecule has 0 aliphatic rings. The molecule has 28 heavy (non-hydrogen) atoms. The molecule has 6 nitrogen and oxygen atoms in total. The smallest absolute Gasteiger partial charge is 0.279 e. The number of amides is 1. The normalized spacial score (nSPS) is 13.2. The number of benzene rings is 2. The van der Waals surface area contributed by atoms with Crippen molar-refractivity contribution in [2.24, 2.45) is 0 Å². The average Bonchev–Trinajstić information content (AvgIpc) is 3.15. The van der Waals surface area contributed by atoms with Crippen LogP contribution in [0.3, 0.4) is 0 Å². The fourth-order valence-corrected chi connectivity index (χ4v) is 3.04. The molecule has 0 fully saturated rings. The molecular weight excluding hydrogens is 376 g/mol. The second-order valence-corrected chi connectivity index (χ2v) is 7.43. The summed E-state index contributed by atoms with van der Waals surface area (Å²) in [4.78, 5) is 13.4. The minimum Gasteiger partial charge on any atom is -0.415 e. The molecular formula is C21H24ClN4O2+. The van der Waals surface area contributed by atoms with E-state index in [4.69, 9.17) is 16.0 Å². The third-order valence-corrected chi connectivity index (χ3v) is 5.18. The summed E-state index contributed by atoms with van der Waals surface area (Å²) in [5.74, 6) is 0.830. The lowest BCUT2D eigenvalue weighted by molar-refractivity contribution is -0.903. The Kier molecular flexibility index (Phi) is 6.11. The van der Waals surface area contributed by atoms with Crippen LogP contribution in [0.1, 0.15) is 30.0 Å². The topological polar surface area (TPSA) is 72.5 Å². The fraction of sp³-hybridized carbons (Fsp3) is 0.286. The number of quaternary nitrogens is 1. The Bertz CT molecular complexity index is 986. The zero-order chi connectivity index (χ0) is 20.3. The van der Waals surface area contributed by atoms with Crippen LogP contribution in [0.4, 0.5) is 5.69 Å². The van der Waals surface area contributed by atoms with Gasteiger partial charge < -0.3 is 14.6 Å². The van der Waals surface area contributed by atoms with Gasteiger partial charge in [-0.15, -0.1) is 10.2 Å². The molecule has 1 amide bonds. The Balaban J connectivity index is 1.65. The van der Waals surface area contributed by atoms with Gasteiger partial charge in [-0.2, -0.15) is 0 Å². The van der Waals surface area contributed by atoms with Crippen molar-refractivity contribution in [1.29, 1.82) is 0 Å². The maximum absolute atomic E-state index is 12.5. The number of likely N-dealkylation sites (N-methyl/N-ethyl adjacent to an activating group) is 1. The molecule has 0 bridgehead atoms. The molecule has 2 atom stereocenters. The first kappa shape index (κ1) is 20.0. The highest BCUT2D eigenvalue weighted by molar-refractivity contribution is 6.30. The molecule has 0 radical (unpaired) electrons. The number of hydrogen-bond donors (Lipinski definition) is 2. The van der Waals surface area contributed by atoms with Crippen molar-refractivity contribution in [2.45, 2.75) is 26.8 Å². The van der Waals surface area contributed by atoms with Crippen LogP contribution in [0.2, 0.25) is 5.02 Å². The molecule has 1 aromatic heterocycles. The Hall–Kier alpha value is -2.70. The van der Waals surface area contributed by atoms with Crippen LogP contribution < -0.4 is 10.2 Å². The summed E-state index contributed by atoms with van der Waals surface area (Å²) in [5.41, 5.74) is 3.83. The van der Waals surface area contributed by atoms with Crippen LogP contribution in [-0.4, -0.2) is 29.7 Å². The molecule has 0 saturated carbocycles. The number of rotatable bonds is 6. The Labute approximate surface area is 169 Å². The van der Waals surface area contributed by atoms with Gasteiger partial charge in [-0.1, -0.05) is 29.8 Å². The van der Waals surface area contributed by atoms with Gasteiger partial charge in [-0.3, -0.25) is 4.79 Å². The minimum atomic E-state index is -0.134. The summed E-state index contributed by atoms with van der Waals surface area (Å²) >= 11 is 6.02. The van der Waals surface area contributed by atoms with Crippen molar-refractivity contribution in [3.05, 3.63) is 64.5 Å². The van der Waals surface area contributed by atoms with Gasteiger partial charge in [0.05, 0.1) is 7.05 Å². The fourth-order valence-electron chi connectivity index (χ4n) is 2.85. The maximum atomic E-state index is 12.5. The van der Waals surface area contributed by atoms with E-state index in [-0.39, 0.29) is 18.5 Å². The third-order valence-electron chi connectivity index (χ3n) is 4.94. The highest BCUT2D eigenvalue weighted by atomic mass is 35.5. The summed E-state index contributed by atoms with van der Waals surface area (Å²) in [6.07, 6.45) is 0. The minimum absolute atomic E-state index is 0.0624. The van der Waals surface area contributed by atoms with Gasteiger partial charge in [0, 0.05) is 16.3 Å². The number of aromatic nitrogens is 2. The second-order valence-electron chi connectivity index (χ2n) is 7.00. The standard InChI is InChI=1S/C21H23ClN4O2/c1-13-7-5-10-18(14(13)2)23-19(27)12-26(4)15(3)20-24-25-21(28-20)16-8-6-9-17(22)11-16/h5-11,15H,12H2,1-4H3,(H,23,27)/p+1/t15-/m0/s1. The van der Waals surface area contributed by atoms with E-state index in [1.165, 1.54) is 0 Å². The average molecular weight is 400 g/mol. The number of nitrogens with zero attached hydrogens (tertiary/aromatic N) is 2. The Morgan fingerprint density at radius 3 is 2.71 bits per heavy atom. The monoisotopic (exact) mass is 399 g/mol. The second kappa shape index (κ2) is 8.54. The lowest BCUT2D eigenvalue weighted by Gasteiger charge is -2.19. The number of carbonyl (C=O) groups excluding carboxylic acids is 1. The van der Waals surface area contributed by atoms with E-state index >= 15 is 0 Å². The molecule has 2 N–H and O–H groups in total. The molecule has 146 valence electrons. The lowest BCUT2D eigenvalue weighted by atomic mass is 10.1. The molecule has 1 heterocycles. The van der Waals surface area contributed by atoms with Gasteiger partial charge in [-0.25, -0.2) is 0 Å². The Morgan fingerprint density at radius 2 is 1.96 bits per heavy atom. The quantitative estimate of drug-likeness (QED) is 0.667. The van der Waals surface area contributed by atoms with Crippen LogP contribution >= 0.6 is 11.6 Å². The van der Waals surface area contributed by atoms with E-state index < -0.39 is 0 Å². The van der Waals surface area contributed by atoms with Crippen molar-refractivity contribution in [3.8, 4) is 11.5 Å². The number of hydrogen-bond acceptors (Lipinski definition) is 4. The van der Waals surface area contributed by atoms with E-state index in [2.05, 4.69) is 15.5 Å². The largest absolute Gasteiger partial charge is 0.415 e. The molecule has 2 aromatic carbocycles. The summed E-state index contributed by atoms with van der Waals surface area (Å²) < 4.78 is 5.81. The predicted octanol–water partition coefficient (Wildman–Crippen LogP) is 3.22. The SMILES string of the molecule is Cc1cccc(NC(=O)C[NH+](C)[C@@H](C)c2nnc(-c3cccc(Cl)c3)o2)c1C. The third kappa shape index (κ3) is 4.58. The molecule has 0 spiro atoms. The Morgan fingerprint density at radius 1 is 1.21 bits per heavy atom. The first-order valence-electron chi connectivity index (χ1n) is 9.13. The summed E-state index contributed by atoms with van der Waals surface area (Å²) in [6, 6.07) is 13.0. The van der Waals surface area contributed by atoms with Crippen LogP contribution in [0.25, 0.3) is 11.5 Å². The highest BCUT2D eigenvalue weighted by Gasteiger charge is 2.24. The summed E-state index contributed by atoms with van der Waals surface area (Å²) in [6.45, 7) is 6.26. The molecule has 0 saturated heterocycles. The van der Waals surface area contributed by atoms with Crippen molar-refractivity contribution in [3.63, 3.8) is 0 Å². The molecule has 7 heteroatoms. The zero-order valence-corrected chi connectivity index (χ0v) is 17.2. The van der Waals surface area contributed by atoms with Crippen molar-refractivity contribution in [1.82, 2.24) is 10.2 Å². The van der Waals surface area contributed by atoms with E-state index in [0.717, 1.165) is 27.3 Å². The van der Waals surface area contributed by atoms with Gasteiger partial charge in [0.2, 0.25) is 5.89 Å². The maximum Gasteiger partial charge on any atom is 0.279 e. The molecule has 0 aliphatic carbocycles. The van der Waals surface area contributed by atoms with Crippen LogP contribution in [0.5, 0.6) is 0 Å². The van der Waals surface area contributed by atoms with Crippen molar-refractivity contribution >= 4 is 23.2 Å². The zero-order valence-electron chi connectivity index (χ0n) is 16.4. The molecule has 3 rings (SSSR count). The van der Waals surface area contributed by atoms with E-state index in [1.54, 1.807) is 12.1 Å². The van der Waals surface area contributed by atoms with E-state index in [0.29, 0.717) is 16.8 Å². The summed E-state index contributed by atoms with van der Waals surface area (Å²) in [5, 5.41) is 11.8. The van der Waals surface area contributed by atoms with Crippen LogP contribution in [-0.2, 0) is 4.79 Å². The number of carbonyl (C=O) groups is 1. The van der Waals surface area contributed by atoms with Gasteiger partial charge in [0.25, 0.3) is 11.8 Å². The van der Waals surface area contributed by atoms with Gasteiger partial charge >= 0.3 is 0 Å². The van der Waals surface area contributed by atoms with Crippen LogP contribution in [0, 0.1) is 13.8 Å². The first-order valence-corrected chi connectivity index (χ1v) is 9.50. The van der Waals surface area contributed by atoms with Crippen LogP contribution in [0.15, 0.2) is 46.9 Å². The number of anilines is 1. The first-order chi connectivity index (χ1) is 13.3.